The van der Waals surface area contributed by atoms with Crippen LogP contribution in [0.15, 0.2) is 30.5 Å². The maximum Gasteiger partial charge on any atom is 0.0848 e. The van der Waals surface area contributed by atoms with Crippen molar-refractivity contribution in [2.24, 2.45) is 0 Å². The van der Waals surface area contributed by atoms with Crippen molar-refractivity contribution in [2.75, 3.05) is 0 Å². The Morgan fingerprint density at radius 2 is 1.95 bits per heavy atom. The molecule has 0 amide bonds. The van der Waals surface area contributed by atoms with E-state index in [1.807, 2.05) is 36.0 Å². The van der Waals surface area contributed by atoms with Gasteiger partial charge in [-0.3, -0.25) is 4.68 Å². The third-order valence-electron chi connectivity index (χ3n) is 3.38. The van der Waals surface area contributed by atoms with Gasteiger partial charge in [-0.05, 0) is 44.9 Å². The van der Waals surface area contributed by atoms with E-state index in [9.17, 15) is 5.11 Å². The maximum absolute atomic E-state index is 10.3. The molecule has 1 N–H and O–H groups in total. The standard InChI is InChI=1S/C16H22N2O/c1-11(2)18-8-7-14(17-18)10-16(19)15-6-5-12(3)9-13(15)4/h5-9,11,16,19H,10H2,1-4H3. The zero-order valence-corrected chi connectivity index (χ0v) is 12.1. The van der Waals surface area contributed by atoms with Crippen LogP contribution in [0.2, 0.25) is 0 Å². The van der Waals surface area contributed by atoms with Crippen LogP contribution < -0.4 is 0 Å². The van der Waals surface area contributed by atoms with Gasteiger partial charge in [0.15, 0.2) is 0 Å². The molecule has 1 aromatic heterocycles. The van der Waals surface area contributed by atoms with E-state index < -0.39 is 6.10 Å². The summed E-state index contributed by atoms with van der Waals surface area (Å²) in [4.78, 5) is 0. The molecule has 102 valence electrons. The van der Waals surface area contributed by atoms with Crippen molar-refractivity contribution < 1.29 is 5.11 Å². The summed E-state index contributed by atoms with van der Waals surface area (Å²) in [6.45, 7) is 8.29. The number of aliphatic hydroxyl groups excluding tert-OH is 1. The first kappa shape index (κ1) is 13.8. The van der Waals surface area contributed by atoms with Crippen LogP contribution in [-0.4, -0.2) is 14.9 Å². The molecule has 3 nitrogen and oxygen atoms in total. The summed E-state index contributed by atoms with van der Waals surface area (Å²) in [6, 6.07) is 8.48. The van der Waals surface area contributed by atoms with E-state index in [2.05, 4.69) is 31.9 Å². The Kier molecular flexibility index (Phi) is 4.05. The van der Waals surface area contributed by atoms with Crippen LogP contribution >= 0.6 is 0 Å². The van der Waals surface area contributed by atoms with Gasteiger partial charge in [-0.1, -0.05) is 23.8 Å². The summed E-state index contributed by atoms with van der Waals surface area (Å²) < 4.78 is 1.92. The predicted molar refractivity (Wildman–Crippen MR) is 77.2 cm³/mol. The lowest BCUT2D eigenvalue weighted by Gasteiger charge is -2.13. The van der Waals surface area contributed by atoms with E-state index in [-0.39, 0.29) is 0 Å². The largest absolute Gasteiger partial charge is 0.388 e. The van der Waals surface area contributed by atoms with Crippen LogP contribution in [0.3, 0.4) is 0 Å². The molecular formula is C16H22N2O. The highest BCUT2D eigenvalue weighted by atomic mass is 16.3. The molecule has 1 heterocycles. The topological polar surface area (TPSA) is 38.0 Å². The molecular weight excluding hydrogens is 236 g/mol. The summed E-state index contributed by atoms with van der Waals surface area (Å²) in [6.07, 6.45) is 2.04. The van der Waals surface area contributed by atoms with Crippen LogP contribution in [0, 0.1) is 13.8 Å². The van der Waals surface area contributed by atoms with Gasteiger partial charge in [0.2, 0.25) is 0 Å². The van der Waals surface area contributed by atoms with Crippen LogP contribution in [0.5, 0.6) is 0 Å². The van der Waals surface area contributed by atoms with Gasteiger partial charge in [0.05, 0.1) is 11.8 Å². The van der Waals surface area contributed by atoms with Gasteiger partial charge in [0.1, 0.15) is 0 Å². The summed E-state index contributed by atoms with van der Waals surface area (Å²) in [5.41, 5.74) is 4.28. The molecule has 0 saturated heterocycles. The van der Waals surface area contributed by atoms with Crippen molar-refractivity contribution in [3.8, 4) is 0 Å². The lowest BCUT2D eigenvalue weighted by molar-refractivity contribution is 0.176. The molecule has 0 spiro atoms. The Hall–Kier alpha value is -1.61. The Morgan fingerprint density at radius 1 is 1.21 bits per heavy atom. The number of nitrogens with zero attached hydrogens (tertiary/aromatic N) is 2. The summed E-state index contributed by atoms with van der Waals surface area (Å²) in [5, 5.41) is 14.8. The molecule has 1 unspecified atom stereocenters. The highest BCUT2D eigenvalue weighted by Crippen LogP contribution is 2.22. The molecule has 1 atom stereocenters. The van der Waals surface area contributed by atoms with Crippen LogP contribution in [-0.2, 0) is 6.42 Å². The summed E-state index contributed by atoms with van der Waals surface area (Å²) >= 11 is 0. The van der Waals surface area contributed by atoms with Crippen LogP contribution in [0.4, 0.5) is 0 Å². The third-order valence-corrected chi connectivity index (χ3v) is 3.38. The van der Waals surface area contributed by atoms with Gasteiger partial charge in [0.25, 0.3) is 0 Å². The molecule has 3 heteroatoms. The average molecular weight is 258 g/mol. The SMILES string of the molecule is Cc1ccc(C(O)Cc2ccn(C(C)C)n2)c(C)c1. The Morgan fingerprint density at radius 3 is 2.53 bits per heavy atom. The van der Waals surface area contributed by atoms with E-state index in [0.29, 0.717) is 12.5 Å². The van der Waals surface area contributed by atoms with Gasteiger partial charge in [0, 0.05) is 18.7 Å². The highest BCUT2D eigenvalue weighted by molar-refractivity contribution is 5.32. The van der Waals surface area contributed by atoms with E-state index >= 15 is 0 Å². The molecule has 0 radical (unpaired) electrons. The number of benzene rings is 1. The average Bonchev–Trinajstić information content (AvgIpc) is 2.77. The molecule has 0 bridgehead atoms. The van der Waals surface area contributed by atoms with Crippen molar-refractivity contribution in [3.63, 3.8) is 0 Å². The van der Waals surface area contributed by atoms with Crippen molar-refractivity contribution >= 4 is 0 Å². The first-order valence-corrected chi connectivity index (χ1v) is 6.76. The number of rotatable bonds is 4. The second-order valence-corrected chi connectivity index (χ2v) is 5.46. The molecule has 0 saturated carbocycles. The molecule has 1 aromatic carbocycles. The zero-order chi connectivity index (χ0) is 14.0. The number of aliphatic hydroxyl groups is 1. The first-order chi connectivity index (χ1) is 8.97. The van der Waals surface area contributed by atoms with Gasteiger partial charge >= 0.3 is 0 Å². The summed E-state index contributed by atoms with van der Waals surface area (Å²) in [5.74, 6) is 0. The Balaban J connectivity index is 2.13. The highest BCUT2D eigenvalue weighted by Gasteiger charge is 2.13. The maximum atomic E-state index is 10.3. The predicted octanol–water partition coefficient (Wildman–Crippen LogP) is 3.36. The quantitative estimate of drug-likeness (QED) is 0.913. The minimum atomic E-state index is -0.490. The van der Waals surface area contributed by atoms with Crippen LogP contribution in [0.25, 0.3) is 0 Å². The number of hydrogen-bond donors (Lipinski definition) is 1. The van der Waals surface area contributed by atoms with Crippen molar-refractivity contribution in [1.82, 2.24) is 9.78 Å². The van der Waals surface area contributed by atoms with Gasteiger partial charge in [-0.15, -0.1) is 0 Å². The van der Waals surface area contributed by atoms with Crippen LogP contribution in [0.1, 0.15) is 48.4 Å². The van der Waals surface area contributed by atoms with Crippen molar-refractivity contribution in [3.05, 3.63) is 52.8 Å². The number of hydrogen-bond acceptors (Lipinski definition) is 2. The molecule has 0 aliphatic rings. The summed E-state index contributed by atoms with van der Waals surface area (Å²) in [7, 11) is 0. The number of aryl methyl sites for hydroxylation is 2. The fraction of sp³-hybridized carbons (Fsp3) is 0.438. The zero-order valence-electron chi connectivity index (χ0n) is 12.1. The Bertz CT molecular complexity index is 558. The fourth-order valence-corrected chi connectivity index (χ4v) is 2.28. The lowest BCUT2D eigenvalue weighted by atomic mass is 9.98. The molecule has 0 aliphatic heterocycles. The third kappa shape index (κ3) is 3.24. The van der Waals surface area contributed by atoms with E-state index in [1.54, 1.807) is 0 Å². The molecule has 2 aromatic rings. The van der Waals surface area contributed by atoms with E-state index in [0.717, 1.165) is 16.8 Å². The molecule has 0 fully saturated rings. The van der Waals surface area contributed by atoms with E-state index in [1.165, 1.54) is 5.56 Å². The lowest BCUT2D eigenvalue weighted by Crippen LogP contribution is -2.06. The minimum Gasteiger partial charge on any atom is -0.388 e. The normalized spacial score (nSPS) is 12.9. The second kappa shape index (κ2) is 5.57. The van der Waals surface area contributed by atoms with Crippen molar-refractivity contribution in [2.45, 2.75) is 46.3 Å². The number of aromatic nitrogens is 2. The molecule has 19 heavy (non-hydrogen) atoms. The smallest absolute Gasteiger partial charge is 0.0848 e. The van der Waals surface area contributed by atoms with Gasteiger partial charge in [-0.25, -0.2) is 0 Å². The Labute approximate surface area is 114 Å². The molecule has 0 aliphatic carbocycles. The fourth-order valence-electron chi connectivity index (χ4n) is 2.28. The minimum absolute atomic E-state index is 0.354. The second-order valence-electron chi connectivity index (χ2n) is 5.46. The van der Waals surface area contributed by atoms with Gasteiger partial charge in [-0.2, -0.15) is 5.10 Å². The molecule has 2 rings (SSSR count). The monoisotopic (exact) mass is 258 g/mol. The first-order valence-electron chi connectivity index (χ1n) is 6.76. The van der Waals surface area contributed by atoms with Gasteiger partial charge < -0.3 is 5.11 Å². The van der Waals surface area contributed by atoms with Crippen molar-refractivity contribution in [1.29, 1.82) is 0 Å². The van der Waals surface area contributed by atoms with E-state index in [4.69, 9.17) is 0 Å².